The van der Waals surface area contributed by atoms with Gasteiger partial charge >= 0.3 is 0 Å². The zero-order valence-corrected chi connectivity index (χ0v) is 13.2. The van der Waals surface area contributed by atoms with Gasteiger partial charge in [0.2, 0.25) is 0 Å². The van der Waals surface area contributed by atoms with Crippen LogP contribution in [0.25, 0.3) is 0 Å². The van der Waals surface area contributed by atoms with E-state index < -0.39 is 0 Å². The lowest BCUT2D eigenvalue weighted by Gasteiger charge is -2.36. The van der Waals surface area contributed by atoms with Crippen molar-refractivity contribution in [2.24, 2.45) is 0 Å². The molecule has 0 atom stereocenters. The molecule has 0 unspecified atom stereocenters. The van der Waals surface area contributed by atoms with Crippen LogP contribution in [0.4, 0.5) is 11.6 Å². The summed E-state index contributed by atoms with van der Waals surface area (Å²) < 4.78 is 5.30. The van der Waals surface area contributed by atoms with E-state index >= 15 is 0 Å². The minimum absolute atomic E-state index is 0.574. The highest BCUT2D eigenvalue weighted by Gasteiger charge is 2.23. The number of hydrogen-bond donors (Lipinski definition) is 0. The summed E-state index contributed by atoms with van der Waals surface area (Å²) in [5, 5.41) is 0. The number of aromatic nitrogens is 4. The second-order valence-electron chi connectivity index (χ2n) is 5.27. The molecule has 7 heteroatoms. The molecule has 1 saturated heterocycles. The maximum atomic E-state index is 5.30. The summed E-state index contributed by atoms with van der Waals surface area (Å²) in [5.41, 5.74) is 2.18. The Balaban J connectivity index is 1.74. The molecule has 7 nitrogen and oxygen atoms in total. The van der Waals surface area contributed by atoms with E-state index in [9.17, 15) is 0 Å². The standard InChI is InChI=1S/C15H20N6O/c1-11-12(2)18-10-19-13(11)20-6-8-21(9-7-20)14-15(22-3)17-5-4-16-14/h4-5,10H,6-9H2,1-3H3. The Morgan fingerprint density at radius 2 is 1.50 bits per heavy atom. The zero-order valence-electron chi connectivity index (χ0n) is 13.2. The van der Waals surface area contributed by atoms with Crippen LogP contribution in [-0.4, -0.2) is 53.2 Å². The Hall–Kier alpha value is -2.44. The summed E-state index contributed by atoms with van der Waals surface area (Å²) in [7, 11) is 1.62. The number of nitrogens with zero attached hydrogens (tertiary/aromatic N) is 6. The third-order valence-electron chi connectivity index (χ3n) is 4.03. The summed E-state index contributed by atoms with van der Waals surface area (Å²) >= 11 is 0. The fourth-order valence-corrected chi connectivity index (χ4v) is 2.65. The van der Waals surface area contributed by atoms with E-state index in [1.54, 1.807) is 25.8 Å². The minimum atomic E-state index is 0.574. The highest BCUT2D eigenvalue weighted by atomic mass is 16.5. The Labute approximate surface area is 130 Å². The van der Waals surface area contributed by atoms with E-state index in [-0.39, 0.29) is 0 Å². The third kappa shape index (κ3) is 2.66. The van der Waals surface area contributed by atoms with Gasteiger partial charge in [-0.3, -0.25) is 0 Å². The average molecular weight is 300 g/mol. The van der Waals surface area contributed by atoms with Gasteiger partial charge in [-0.25, -0.2) is 19.9 Å². The number of piperazine rings is 1. The SMILES string of the molecule is COc1nccnc1N1CCN(c2ncnc(C)c2C)CC1. The fourth-order valence-electron chi connectivity index (χ4n) is 2.65. The zero-order chi connectivity index (χ0) is 15.5. The lowest BCUT2D eigenvalue weighted by atomic mass is 10.2. The topological polar surface area (TPSA) is 67.3 Å². The van der Waals surface area contributed by atoms with Gasteiger partial charge in [0, 0.05) is 49.8 Å². The van der Waals surface area contributed by atoms with Crippen molar-refractivity contribution in [3.63, 3.8) is 0 Å². The highest BCUT2D eigenvalue weighted by Crippen LogP contribution is 2.25. The van der Waals surface area contributed by atoms with Crippen LogP contribution >= 0.6 is 0 Å². The lowest BCUT2D eigenvalue weighted by Crippen LogP contribution is -2.47. The summed E-state index contributed by atoms with van der Waals surface area (Å²) in [4.78, 5) is 21.8. The van der Waals surface area contributed by atoms with E-state index in [1.807, 2.05) is 6.92 Å². The van der Waals surface area contributed by atoms with Gasteiger partial charge in [-0.2, -0.15) is 0 Å². The summed E-state index contributed by atoms with van der Waals surface area (Å²) in [5.74, 6) is 2.41. The molecule has 0 saturated carbocycles. The number of ether oxygens (including phenoxy) is 1. The molecule has 0 aliphatic carbocycles. The number of aryl methyl sites for hydroxylation is 1. The molecule has 22 heavy (non-hydrogen) atoms. The van der Waals surface area contributed by atoms with Gasteiger partial charge < -0.3 is 14.5 Å². The van der Waals surface area contributed by atoms with Gasteiger partial charge in [-0.05, 0) is 13.8 Å². The second-order valence-corrected chi connectivity index (χ2v) is 5.27. The van der Waals surface area contributed by atoms with Crippen LogP contribution in [0.1, 0.15) is 11.3 Å². The first kappa shape index (κ1) is 14.5. The first-order valence-corrected chi connectivity index (χ1v) is 7.34. The smallest absolute Gasteiger partial charge is 0.257 e. The molecular formula is C15H20N6O. The van der Waals surface area contributed by atoms with Gasteiger partial charge in [0.25, 0.3) is 5.88 Å². The van der Waals surface area contributed by atoms with Crippen molar-refractivity contribution < 1.29 is 4.74 Å². The second kappa shape index (κ2) is 6.13. The maximum Gasteiger partial charge on any atom is 0.257 e. The monoisotopic (exact) mass is 300 g/mol. The van der Waals surface area contributed by atoms with Crippen LogP contribution in [0, 0.1) is 13.8 Å². The molecule has 3 heterocycles. The van der Waals surface area contributed by atoms with Crippen molar-refractivity contribution in [3.8, 4) is 5.88 Å². The number of hydrogen-bond acceptors (Lipinski definition) is 7. The van der Waals surface area contributed by atoms with Crippen molar-refractivity contribution >= 4 is 11.6 Å². The van der Waals surface area contributed by atoms with Gasteiger partial charge in [-0.1, -0.05) is 0 Å². The van der Waals surface area contributed by atoms with Crippen molar-refractivity contribution in [1.29, 1.82) is 0 Å². The highest BCUT2D eigenvalue weighted by molar-refractivity contribution is 5.52. The van der Waals surface area contributed by atoms with E-state index in [0.29, 0.717) is 5.88 Å². The van der Waals surface area contributed by atoms with Crippen molar-refractivity contribution in [3.05, 3.63) is 30.0 Å². The van der Waals surface area contributed by atoms with E-state index in [2.05, 4.69) is 36.7 Å². The van der Waals surface area contributed by atoms with Gasteiger partial charge in [0.1, 0.15) is 12.1 Å². The molecule has 1 aliphatic heterocycles. The maximum absolute atomic E-state index is 5.30. The minimum Gasteiger partial charge on any atom is -0.478 e. The lowest BCUT2D eigenvalue weighted by molar-refractivity contribution is 0.394. The van der Waals surface area contributed by atoms with Crippen LogP contribution in [0.2, 0.25) is 0 Å². The molecule has 0 amide bonds. The van der Waals surface area contributed by atoms with E-state index in [4.69, 9.17) is 4.74 Å². The number of methoxy groups -OCH3 is 1. The van der Waals surface area contributed by atoms with E-state index in [1.165, 1.54) is 0 Å². The molecular weight excluding hydrogens is 280 g/mol. The average Bonchev–Trinajstić information content (AvgIpc) is 2.57. The van der Waals surface area contributed by atoms with Crippen LogP contribution in [0.15, 0.2) is 18.7 Å². The summed E-state index contributed by atoms with van der Waals surface area (Å²) in [6.07, 6.45) is 4.98. The van der Waals surface area contributed by atoms with Crippen LogP contribution in [0.5, 0.6) is 5.88 Å². The van der Waals surface area contributed by atoms with Crippen LogP contribution in [0.3, 0.4) is 0 Å². The fraction of sp³-hybridized carbons (Fsp3) is 0.467. The van der Waals surface area contributed by atoms with Crippen LogP contribution < -0.4 is 14.5 Å². The predicted molar refractivity (Wildman–Crippen MR) is 84.5 cm³/mol. The largest absolute Gasteiger partial charge is 0.478 e. The molecule has 0 spiro atoms. The molecule has 2 aromatic heterocycles. The Bertz CT molecular complexity index is 654. The van der Waals surface area contributed by atoms with Crippen molar-refractivity contribution in [2.45, 2.75) is 13.8 Å². The predicted octanol–water partition coefficient (Wildman–Crippen LogP) is 1.22. The molecule has 2 aromatic rings. The van der Waals surface area contributed by atoms with Crippen LogP contribution in [-0.2, 0) is 0 Å². The molecule has 0 N–H and O–H groups in total. The normalized spacial score (nSPS) is 15.0. The molecule has 1 fully saturated rings. The first-order chi connectivity index (χ1) is 10.7. The molecule has 116 valence electrons. The summed E-state index contributed by atoms with van der Waals surface area (Å²) in [6, 6.07) is 0. The third-order valence-corrected chi connectivity index (χ3v) is 4.03. The molecule has 3 rings (SSSR count). The van der Waals surface area contributed by atoms with Crippen molar-refractivity contribution in [2.75, 3.05) is 43.1 Å². The first-order valence-electron chi connectivity index (χ1n) is 7.34. The Morgan fingerprint density at radius 1 is 0.864 bits per heavy atom. The van der Waals surface area contributed by atoms with E-state index in [0.717, 1.165) is 49.1 Å². The molecule has 0 bridgehead atoms. The van der Waals surface area contributed by atoms with Gasteiger partial charge in [0.15, 0.2) is 5.82 Å². The molecule has 0 radical (unpaired) electrons. The number of anilines is 2. The van der Waals surface area contributed by atoms with Gasteiger partial charge in [-0.15, -0.1) is 0 Å². The Kier molecular flexibility index (Phi) is 4.04. The summed E-state index contributed by atoms with van der Waals surface area (Å²) in [6.45, 7) is 7.58. The Morgan fingerprint density at radius 3 is 2.18 bits per heavy atom. The quantitative estimate of drug-likeness (QED) is 0.844. The molecule has 1 aliphatic rings. The number of rotatable bonds is 3. The van der Waals surface area contributed by atoms with Crippen molar-refractivity contribution in [1.82, 2.24) is 19.9 Å². The molecule has 0 aromatic carbocycles. The van der Waals surface area contributed by atoms with Gasteiger partial charge in [0.05, 0.1) is 7.11 Å².